The molecule has 0 bridgehead atoms. The second-order valence-electron chi connectivity index (χ2n) is 5.17. The number of carbonyl (C=O) groups excluding carboxylic acids is 1. The number of rotatable bonds is 3. The molecule has 0 spiro atoms. The van der Waals surface area contributed by atoms with Gasteiger partial charge in [-0.15, -0.1) is 0 Å². The summed E-state index contributed by atoms with van der Waals surface area (Å²) in [6.45, 7) is 0. The van der Waals surface area contributed by atoms with Crippen LogP contribution in [0.15, 0.2) is 48.8 Å². The van der Waals surface area contributed by atoms with E-state index in [1.165, 1.54) is 24.0 Å². The van der Waals surface area contributed by atoms with Crippen LogP contribution in [-0.4, -0.2) is 10.8 Å². The van der Waals surface area contributed by atoms with Crippen LogP contribution in [0.25, 0.3) is 6.08 Å². The summed E-state index contributed by atoms with van der Waals surface area (Å²) >= 11 is 0. The Labute approximate surface area is 119 Å². The highest BCUT2D eigenvalue weighted by Gasteiger charge is 2.11. The number of carbonyl (C=O) groups is 1. The predicted molar refractivity (Wildman–Crippen MR) is 80.7 cm³/mol. The van der Waals surface area contributed by atoms with Gasteiger partial charge in [-0.3, -0.25) is 9.78 Å². The van der Waals surface area contributed by atoms with E-state index in [-0.39, 0.29) is 5.78 Å². The molecule has 2 heteroatoms. The molecular weight excluding hydrogens is 246 g/mol. The molecule has 2 nitrogen and oxygen atoms in total. The van der Waals surface area contributed by atoms with Crippen LogP contribution in [0.4, 0.5) is 0 Å². The Balaban J connectivity index is 1.79. The van der Waals surface area contributed by atoms with Crippen molar-refractivity contribution in [2.75, 3.05) is 0 Å². The Bertz CT molecular complexity index is 644. The van der Waals surface area contributed by atoms with Gasteiger partial charge in [0.15, 0.2) is 5.78 Å². The molecule has 0 N–H and O–H groups in total. The van der Waals surface area contributed by atoms with Crippen LogP contribution >= 0.6 is 0 Å². The summed E-state index contributed by atoms with van der Waals surface area (Å²) in [5, 5.41) is 0. The second-order valence-corrected chi connectivity index (χ2v) is 5.17. The molecule has 0 unspecified atom stereocenters. The molecule has 0 atom stereocenters. The molecule has 1 heterocycles. The zero-order valence-corrected chi connectivity index (χ0v) is 11.4. The number of nitrogens with zero attached hydrogens (tertiary/aromatic N) is 1. The molecule has 100 valence electrons. The molecule has 0 fully saturated rings. The first-order valence-electron chi connectivity index (χ1n) is 7.07. The fourth-order valence-electron chi connectivity index (χ4n) is 2.63. The lowest BCUT2D eigenvalue weighted by atomic mass is 9.90. The zero-order valence-electron chi connectivity index (χ0n) is 11.4. The van der Waals surface area contributed by atoms with Gasteiger partial charge >= 0.3 is 0 Å². The summed E-state index contributed by atoms with van der Waals surface area (Å²) in [7, 11) is 0. The number of aryl methyl sites for hydroxylation is 2. The molecule has 1 aromatic heterocycles. The summed E-state index contributed by atoms with van der Waals surface area (Å²) in [5.74, 6) is 0.0576. The number of allylic oxidation sites excluding steroid dienone is 1. The molecule has 0 saturated carbocycles. The average molecular weight is 263 g/mol. The van der Waals surface area contributed by atoms with Gasteiger partial charge in [-0.25, -0.2) is 0 Å². The minimum atomic E-state index is 0.0576. The largest absolute Gasteiger partial charge is 0.289 e. The molecule has 3 rings (SSSR count). The maximum atomic E-state index is 12.2. The lowest BCUT2D eigenvalue weighted by Crippen LogP contribution is -2.05. The van der Waals surface area contributed by atoms with Gasteiger partial charge in [-0.1, -0.05) is 18.2 Å². The maximum absolute atomic E-state index is 12.2. The topological polar surface area (TPSA) is 30.0 Å². The normalized spacial score (nSPS) is 14.2. The molecule has 1 aromatic carbocycles. The third kappa shape index (κ3) is 2.85. The van der Waals surface area contributed by atoms with Crippen LogP contribution < -0.4 is 0 Å². The SMILES string of the molecule is O=C(/C=C/c1cccnc1)c1ccc2c(c1)CCCC2. The van der Waals surface area contributed by atoms with Crippen LogP contribution in [0.3, 0.4) is 0 Å². The Morgan fingerprint density at radius 3 is 2.75 bits per heavy atom. The summed E-state index contributed by atoms with van der Waals surface area (Å²) in [6, 6.07) is 9.91. The first-order valence-corrected chi connectivity index (χ1v) is 7.07. The van der Waals surface area contributed by atoms with Gasteiger partial charge in [0.1, 0.15) is 0 Å². The van der Waals surface area contributed by atoms with Crippen molar-refractivity contribution >= 4 is 11.9 Å². The predicted octanol–water partition coefficient (Wildman–Crippen LogP) is 3.86. The zero-order chi connectivity index (χ0) is 13.8. The monoisotopic (exact) mass is 263 g/mol. The highest BCUT2D eigenvalue weighted by atomic mass is 16.1. The Morgan fingerprint density at radius 2 is 1.95 bits per heavy atom. The number of ketones is 1. The van der Waals surface area contributed by atoms with E-state index >= 15 is 0 Å². The van der Waals surface area contributed by atoms with Gasteiger partial charge < -0.3 is 0 Å². The minimum absolute atomic E-state index is 0.0576. The van der Waals surface area contributed by atoms with Gasteiger partial charge in [-0.05, 0) is 66.7 Å². The summed E-state index contributed by atoms with van der Waals surface area (Å²) in [4.78, 5) is 16.2. The highest BCUT2D eigenvalue weighted by molar-refractivity contribution is 6.06. The molecular formula is C18H17NO. The Hall–Kier alpha value is -2.22. The van der Waals surface area contributed by atoms with Crippen molar-refractivity contribution in [2.45, 2.75) is 25.7 Å². The molecule has 0 amide bonds. The number of benzene rings is 1. The maximum Gasteiger partial charge on any atom is 0.185 e. The van der Waals surface area contributed by atoms with E-state index in [4.69, 9.17) is 0 Å². The molecule has 0 aliphatic heterocycles. The molecule has 0 saturated heterocycles. The number of fused-ring (bicyclic) bond motifs is 1. The second kappa shape index (κ2) is 5.83. The van der Waals surface area contributed by atoms with Crippen molar-refractivity contribution in [3.8, 4) is 0 Å². The van der Waals surface area contributed by atoms with Gasteiger partial charge in [0.2, 0.25) is 0 Å². The first kappa shape index (κ1) is 12.8. The fraction of sp³-hybridized carbons (Fsp3) is 0.222. The standard InChI is InChI=1S/C18H17NO/c20-18(10-7-14-4-3-11-19-13-14)17-9-8-15-5-1-2-6-16(15)12-17/h3-4,7-13H,1-2,5-6H2/b10-7+. The van der Waals surface area contributed by atoms with E-state index in [1.54, 1.807) is 18.5 Å². The smallest absolute Gasteiger partial charge is 0.185 e. The fourth-order valence-corrected chi connectivity index (χ4v) is 2.63. The number of hydrogen-bond donors (Lipinski definition) is 0. The summed E-state index contributed by atoms with van der Waals surface area (Å²) in [5.41, 5.74) is 4.48. The lowest BCUT2D eigenvalue weighted by molar-refractivity contribution is 0.104. The van der Waals surface area contributed by atoms with E-state index < -0.39 is 0 Å². The van der Waals surface area contributed by atoms with Crippen LogP contribution in [-0.2, 0) is 12.8 Å². The molecule has 20 heavy (non-hydrogen) atoms. The van der Waals surface area contributed by atoms with E-state index in [2.05, 4.69) is 17.1 Å². The summed E-state index contributed by atoms with van der Waals surface area (Å²) < 4.78 is 0. The molecule has 1 aliphatic rings. The first-order chi connectivity index (χ1) is 9.83. The molecule has 1 aliphatic carbocycles. The van der Waals surface area contributed by atoms with Gasteiger partial charge in [0.25, 0.3) is 0 Å². The van der Waals surface area contributed by atoms with Crippen molar-refractivity contribution < 1.29 is 4.79 Å². The lowest BCUT2D eigenvalue weighted by Gasteiger charge is -2.15. The number of hydrogen-bond acceptors (Lipinski definition) is 2. The van der Waals surface area contributed by atoms with Crippen molar-refractivity contribution in [1.29, 1.82) is 0 Å². The van der Waals surface area contributed by atoms with E-state index in [1.807, 2.05) is 24.3 Å². The molecule has 0 radical (unpaired) electrons. The van der Waals surface area contributed by atoms with E-state index in [9.17, 15) is 4.79 Å². The molecule has 2 aromatic rings. The quantitative estimate of drug-likeness (QED) is 0.621. The Morgan fingerprint density at radius 1 is 1.10 bits per heavy atom. The highest BCUT2D eigenvalue weighted by Crippen LogP contribution is 2.22. The van der Waals surface area contributed by atoms with Crippen molar-refractivity contribution in [3.05, 3.63) is 71.1 Å². The van der Waals surface area contributed by atoms with Crippen molar-refractivity contribution in [2.24, 2.45) is 0 Å². The average Bonchev–Trinajstić information content (AvgIpc) is 2.53. The van der Waals surface area contributed by atoms with Crippen LogP contribution in [0.1, 0.15) is 39.9 Å². The number of aromatic nitrogens is 1. The van der Waals surface area contributed by atoms with Crippen LogP contribution in [0.2, 0.25) is 0 Å². The van der Waals surface area contributed by atoms with Crippen molar-refractivity contribution in [3.63, 3.8) is 0 Å². The Kier molecular flexibility index (Phi) is 3.73. The third-order valence-corrected chi connectivity index (χ3v) is 3.74. The number of pyridine rings is 1. The minimum Gasteiger partial charge on any atom is -0.289 e. The van der Waals surface area contributed by atoms with Gasteiger partial charge in [-0.2, -0.15) is 0 Å². The van der Waals surface area contributed by atoms with Gasteiger partial charge in [0.05, 0.1) is 0 Å². The van der Waals surface area contributed by atoms with Crippen LogP contribution in [0.5, 0.6) is 0 Å². The van der Waals surface area contributed by atoms with E-state index in [0.717, 1.165) is 24.0 Å². The summed E-state index contributed by atoms with van der Waals surface area (Å²) in [6.07, 6.45) is 11.7. The van der Waals surface area contributed by atoms with Gasteiger partial charge in [0, 0.05) is 18.0 Å². The van der Waals surface area contributed by atoms with Crippen LogP contribution in [0, 0.1) is 0 Å². The van der Waals surface area contributed by atoms with E-state index in [0.29, 0.717) is 0 Å². The van der Waals surface area contributed by atoms with Crippen molar-refractivity contribution in [1.82, 2.24) is 4.98 Å². The third-order valence-electron chi connectivity index (χ3n) is 3.74.